The average molecular weight is 249 g/mol. The Morgan fingerprint density at radius 3 is 2.85 bits per heavy atom. The highest BCUT2D eigenvalue weighted by atomic mass is 79.9. The molecule has 0 aromatic heterocycles. The first-order valence-corrected chi connectivity index (χ1v) is 5.73. The van der Waals surface area contributed by atoms with Gasteiger partial charge in [0.15, 0.2) is 0 Å². The molecule has 1 unspecified atom stereocenters. The molecular formula is C10H17BrO2. The van der Waals surface area contributed by atoms with Crippen molar-refractivity contribution in [2.24, 2.45) is 5.92 Å². The topological polar surface area (TPSA) is 26.3 Å². The molecule has 2 nitrogen and oxygen atoms in total. The van der Waals surface area contributed by atoms with Crippen molar-refractivity contribution in [3.8, 4) is 0 Å². The van der Waals surface area contributed by atoms with Crippen LogP contribution in [0, 0.1) is 5.92 Å². The molecule has 0 aromatic carbocycles. The summed E-state index contributed by atoms with van der Waals surface area (Å²) in [4.78, 5) is 10.9. The van der Waals surface area contributed by atoms with E-state index in [0.29, 0.717) is 12.5 Å². The smallest absolute Gasteiger partial charge is 0.330 e. The van der Waals surface area contributed by atoms with Gasteiger partial charge < -0.3 is 4.74 Å². The first-order chi connectivity index (χ1) is 6.20. The van der Waals surface area contributed by atoms with Crippen molar-refractivity contribution < 1.29 is 9.53 Å². The van der Waals surface area contributed by atoms with Gasteiger partial charge in [-0.2, -0.15) is 0 Å². The lowest BCUT2D eigenvalue weighted by Crippen LogP contribution is -2.00. The zero-order valence-electron chi connectivity index (χ0n) is 8.25. The van der Waals surface area contributed by atoms with Crippen LogP contribution < -0.4 is 0 Å². The van der Waals surface area contributed by atoms with Crippen LogP contribution >= 0.6 is 15.9 Å². The quantitative estimate of drug-likeness (QED) is 0.411. The highest BCUT2D eigenvalue weighted by molar-refractivity contribution is 9.09. The largest absolute Gasteiger partial charge is 0.463 e. The zero-order valence-corrected chi connectivity index (χ0v) is 9.84. The van der Waals surface area contributed by atoms with Crippen LogP contribution in [0.25, 0.3) is 0 Å². The molecule has 0 aliphatic carbocycles. The molecule has 76 valence electrons. The minimum Gasteiger partial charge on any atom is -0.463 e. The number of alkyl halides is 1. The number of hydrogen-bond donors (Lipinski definition) is 0. The van der Waals surface area contributed by atoms with Crippen LogP contribution in [0.1, 0.15) is 26.7 Å². The molecule has 0 spiro atoms. The second kappa shape index (κ2) is 8.30. The fraction of sp³-hybridized carbons (Fsp3) is 0.700. The van der Waals surface area contributed by atoms with Crippen molar-refractivity contribution in [3.63, 3.8) is 0 Å². The SMILES string of the molecule is CCOC(=O)C=CC(C)CCCBr. The lowest BCUT2D eigenvalue weighted by atomic mass is 10.1. The Morgan fingerprint density at radius 2 is 2.31 bits per heavy atom. The molecule has 0 saturated carbocycles. The molecule has 0 aromatic rings. The van der Waals surface area contributed by atoms with E-state index in [-0.39, 0.29) is 5.97 Å². The van der Waals surface area contributed by atoms with Gasteiger partial charge >= 0.3 is 5.97 Å². The van der Waals surface area contributed by atoms with Crippen molar-refractivity contribution in [3.05, 3.63) is 12.2 Å². The maximum atomic E-state index is 10.9. The molecule has 0 bridgehead atoms. The van der Waals surface area contributed by atoms with E-state index < -0.39 is 0 Å². The number of allylic oxidation sites excluding steroid dienone is 1. The third kappa shape index (κ3) is 8.03. The highest BCUT2D eigenvalue weighted by Gasteiger charge is 1.98. The van der Waals surface area contributed by atoms with Gasteiger partial charge in [-0.25, -0.2) is 4.79 Å². The van der Waals surface area contributed by atoms with Crippen LogP contribution in [0.5, 0.6) is 0 Å². The third-order valence-electron chi connectivity index (χ3n) is 1.64. The van der Waals surface area contributed by atoms with Crippen molar-refractivity contribution in [2.45, 2.75) is 26.7 Å². The van der Waals surface area contributed by atoms with Crippen molar-refractivity contribution in [2.75, 3.05) is 11.9 Å². The average Bonchev–Trinajstić information content (AvgIpc) is 2.12. The first-order valence-electron chi connectivity index (χ1n) is 4.61. The Bertz CT molecular complexity index is 166. The minimum atomic E-state index is -0.242. The predicted molar refractivity (Wildman–Crippen MR) is 58.0 cm³/mol. The fourth-order valence-electron chi connectivity index (χ4n) is 0.929. The molecule has 0 amide bonds. The van der Waals surface area contributed by atoms with Gasteiger partial charge in [0.2, 0.25) is 0 Å². The second-order valence-corrected chi connectivity index (χ2v) is 3.71. The summed E-state index contributed by atoms with van der Waals surface area (Å²) in [5, 5.41) is 1.02. The van der Waals surface area contributed by atoms with Crippen molar-refractivity contribution in [1.82, 2.24) is 0 Å². The summed E-state index contributed by atoms with van der Waals surface area (Å²) in [6, 6.07) is 0. The van der Waals surface area contributed by atoms with Crippen LogP contribution in [0.3, 0.4) is 0 Å². The van der Waals surface area contributed by atoms with E-state index in [2.05, 4.69) is 22.9 Å². The van der Waals surface area contributed by atoms with Crippen LogP contribution in [-0.4, -0.2) is 17.9 Å². The molecule has 0 rings (SSSR count). The number of ether oxygens (including phenoxy) is 1. The molecular weight excluding hydrogens is 232 g/mol. The van der Waals surface area contributed by atoms with E-state index >= 15 is 0 Å². The minimum absolute atomic E-state index is 0.242. The van der Waals surface area contributed by atoms with E-state index in [1.54, 1.807) is 6.92 Å². The number of carbonyl (C=O) groups excluding carboxylic acids is 1. The first kappa shape index (κ1) is 12.7. The molecule has 0 radical (unpaired) electrons. The summed E-state index contributed by atoms with van der Waals surface area (Å²) >= 11 is 3.37. The molecule has 0 N–H and O–H groups in total. The van der Waals surface area contributed by atoms with Gasteiger partial charge in [0.05, 0.1) is 6.61 Å². The van der Waals surface area contributed by atoms with E-state index in [1.807, 2.05) is 6.08 Å². The number of carbonyl (C=O) groups is 1. The van der Waals surface area contributed by atoms with Gasteiger partial charge in [-0.1, -0.05) is 28.9 Å². The third-order valence-corrected chi connectivity index (χ3v) is 2.20. The van der Waals surface area contributed by atoms with Gasteiger partial charge in [-0.15, -0.1) is 0 Å². The number of esters is 1. The zero-order chi connectivity index (χ0) is 10.1. The van der Waals surface area contributed by atoms with Crippen LogP contribution in [0.2, 0.25) is 0 Å². The summed E-state index contributed by atoms with van der Waals surface area (Å²) in [6.45, 7) is 4.34. The Labute approximate surface area is 88.5 Å². The molecule has 0 aliphatic rings. The number of hydrogen-bond acceptors (Lipinski definition) is 2. The van der Waals surface area contributed by atoms with E-state index in [9.17, 15) is 4.79 Å². The molecule has 0 heterocycles. The molecule has 13 heavy (non-hydrogen) atoms. The fourth-order valence-corrected chi connectivity index (χ4v) is 1.25. The second-order valence-electron chi connectivity index (χ2n) is 2.92. The van der Waals surface area contributed by atoms with Crippen molar-refractivity contribution in [1.29, 1.82) is 0 Å². The maximum Gasteiger partial charge on any atom is 0.330 e. The highest BCUT2D eigenvalue weighted by Crippen LogP contribution is 2.08. The molecule has 1 atom stereocenters. The van der Waals surface area contributed by atoms with Gasteiger partial charge in [0, 0.05) is 11.4 Å². The van der Waals surface area contributed by atoms with Gasteiger partial charge in [-0.05, 0) is 25.7 Å². The summed E-state index contributed by atoms with van der Waals surface area (Å²) in [6.07, 6.45) is 5.65. The summed E-state index contributed by atoms with van der Waals surface area (Å²) in [7, 11) is 0. The number of halogens is 1. The lowest BCUT2D eigenvalue weighted by Gasteiger charge is -2.03. The van der Waals surface area contributed by atoms with Crippen LogP contribution in [0.15, 0.2) is 12.2 Å². The maximum absolute atomic E-state index is 10.9. The van der Waals surface area contributed by atoms with E-state index in [4.69, 9.17) is 4.74 Å². The predicted octanol–water partition coefficient (Wildman–Crippen LogP) is 2.92. The Morgan fingerprint density at radius 1 is 1.62 bits per heavy atom. The normalized spacial score (nSPS) is 13.2. The summed E-state index contributed by atoms with van der Waals surface area (Å²) in [5.74, 6) is 0.204. The van der Waals surface area contributed by atoms with E-state index in [1.165, 1.54) is 6.08 Å². The number of rotatable bonds is 6. The molecule has 3 heteroatoms. The molecule has 0 fully saturated rings. The standard InChI is InChI=1S/C10H17BrO2/c1-3-13-10(12)7-6-9(2)5-4-8-11/h6-7,9H,3-5,8H2,1-2H3. The monoisotopic (exact) mass is 248 g/mol. The summed E-state index contributed by atoms with van der Waals surface area (Å²) < 4.78 is 4.76. The van der Waals surface area contributed by atoms with Crippen LogP contribution in [0.4, 0.5) is 0 Å². The van der Waals surface area contributed by atoms with Crippen LogP contribution in [-0.2, 0) is 9.53 Å². The molecule has 0 saturated heterocycles. The Hall–Kier alpha value is -0.310. The Balaban J connectivity index is 3.62. The lowest BCUT2D eigenvalue weighted by molar-refractivity contribution is -0.137. The van der Waals surface area contributed by atoms with Gasteiger partial charge in [0.1, 0.15) is 0 Å². The van der Waals surface area contributed by atoms with E-state index in [0.717, 1.165) is 18.2 Å². The Kier molecular flexibility index (Phi) is 8.10. The summed E-state index contributed by atoms with van der Waals surface area (Å²) in [5.41, 5.74) is 0. The van der Waals surface area contributed by atoms with Gasteiger partial charge in [-0.3, -0.25) is 0 Å². The molecule has 0 aliphatic heterocycles. The van der Waals surface area contributed by atoms with Gasteiger partial charge in [0.25, 0.3) is 0 Å². The van der Waals surface area contributed by atoms with Crippen molar-refractivity contribution >= 4 is 21.9 Å².